The highest BCUT2D eigenvalue weighted by Crippen LogP contribution is 2.53. The minimum Gasteiger partial charge on any atom is -0.497 e. The van der Waals surface area contributed by atoms with E-state index in [2.05, 4.69) is 19.6 Å². The molecule has 125 heavy (non-hydrogen) atoms. The summed E-state index contributed by atoms with van der Waals surface area (Å²) in [5, 5.41) is 0.299. The number of ether oxygens (including phenoxy) is 4. The SMILES string of the molecule is COc1ccc(-c2ccc(S(=O)(=O)NOCCOCCN3CCN(C(=O)CCCCCN4/C(=C/C=C/C=C/C5=[N+](CCCCCC(=O)N6CCN(CCOCCONS(=O)(=O)c7ccc(-c8ccc(OC)cc8)cc7)CC6)c6ccc7c(S(=O)(=O)O)cc(S(=O)(=O)O)cc7c6C5(C)C)C(C)(C)c5c4ccc4c(S(=O)(=O)O)cc(S(=O)(=O)O)cc54)CC3)cc2)cc1. The van der Waals surface area contributed by atoms with Gasteiger partial charge in [-0.2, -0.15) is 38.2 Å². The van der Waals surface area contributed by atoms with Gasteiger partial charge in [0.2, 0.25) is 17.5 Å². The number of piperazine rings is 2. The Balaban J connectivity index is 0.660. The Morgan fingerprint density at radius 2 is 0.848 bits per heavy atom. The Morgan fingerprint density at radius 3 is 1.28 bits per heavy atom. The Hall–Kier alpha value is -9.27. The van der Waals surface area contributed by atoms with Crippen LogP contribution in [-0.2, 0) is 100 Å². The summed E-state index contributed by atoms with van der Waals surface area (Å²) in [4.78, 5) is 49.3. The van der Waals surface area contributed by atoms with Crippen molar-refractivity contribution in [3.8, 4) is 33.8 Å². The van der Waals surface area contributed by atoms with Gasteiger partial charge in [-0.3, -0.25) is 47.3 Å². The molecule has 672 valence electrons. The predicted molar refractivity (Wildman–Crippen MR) is 471 cm³/mol. The molecule has 0 spiro atoms. The molecule has 38 heteroatoms. The molecule has 0 bridgehead atoms. The average molecular weight is 1840 g/mol. The van der Waals surface area contributed by atoms with Gasteiger partial charge in [0.1, 0.15) is 27.8 Å². The molecule has 6 N–H and O–H groups in total. The minimum absolute atomic E-state index is 0.00111. The zero-order valence-corrected chi connectivity index (χ0v) is 75.1. The van der Waals surface area contributed by atoms with E-state index in [4.69, 9.17) is 28.6 Å². The molecule has 4 aliphatic heterocycles. The summed E-state index contributed by atoms with van der Waals surface area (Å²) in [5.41, 5.74) is 4.95. The van der Waals surface area contributed by atoms with Gasteiger partial charge in [-0.25, -0.2) is 16.8 Å². The monoisotopic (exact) mass is 1840 g/mol. The molecule has 0 unspecified atom stereocenters. The van der Waals surface area contributed by atoms with E-state index in [1.54, 1.807) is 68.8 Å². The van der Waals surface area contributed by atoms with Gasteiger partial charge in [-0.1, -0.05) is 103 Å². The maximum atomic E-state index is 13.7. The van der Waals surface area contributed by atoms with Crippen LogP contribution in [0.2, 0.25) is 0 Å². The van der Waals surface area contributed by atoms with Crippen LogP contribution in [0.4, 0.5) is 11.4 Å². The summed E-state index contributed by atoms with van der Waals surface area (Å²) in [6, 6.07) is 37.7. The molecule has 0 atom stereocenters. The van der Waals surface area contributed by atoms with E-state index in [0.717, 1.165) is 22.3 Å². The molecular weight excluding hydrogens is 1730 g/mol. The summed E-state index contributed by atoms with van der Waals surface area (Å²) >= 11 is 0. The maximum absolute atomic E-state index is 13.7. The zero-order valence-electron chi connectivity index (χ0n) is 70.2. The van der Waals surface area contributed by atoms with Gasteiger partial charge in [-0.05, 0) is 169 Å². The highest BCUT2D eigenvalue weighted by atomic mass is 32.2. The number of hydrogen-bond acceptors (Lipinski definition) is 23. The second-order valence-electron chi connectivity index (χ2n) is 31.8. The van der Waals surface area contributed by atoms with Crippen molar-refractivity contribution in [2.45, 2.75) is 119 Å². The van der Waals surface area contributed by atoms with Crippen molar-refractivity contribution < 1.29 is 112 Å². The highest BCUT2D eigenvalue weighted by Gasteiger charge is 2.47. The van der Waals surface area contributed by atoms with E-state index < -0.39 is 90.9 Å². The van der Waals surface area contributed by atoms with Gasteiger partial charge in [-0.15, -0.1) is 0 Å². The lowest BCUT2D eigenvalue weighted by Gasteiger charge is -2.34. The Labute approximate surface area is 730 Å². The van der Waals surface area contributed by atoms with Gasteiger partial charge >= 0.3 is 0 Å². The van der Waals surface area contributed by atoms with E-state index in [0.29, 0.717) is 188 Å². The largest absolute Gasteiger partial charge is 0.497 e. The predicted octanol–water partition coefficient (Wildman–Crippen LogP) is 10.8. The fourth-order valence-corrected chi connectivity index (χ4v) is 20.7. The van der Waals surface area contributed by atoms with E-state index in [1.807, 2.05) is 108 Å². The van der Waals surface area contributed by atoms with Crippen LogP contribution in [0.3, 0.4) is 0 Å². The molecule has 8 aromatic carbocycles. The van der Waals surface area contributed by atoms with E-state index in [-0.39, 0.29) is 82.4 Å². The van der Waals surface area contributed by atoms with Crippen LogP contribution in [-0.4, -0.2) is 243 Å². The molecule has 12 rings (SSSR count). The molecule has 4 heterocycles. The number of unbranched alkanes of at least 4 members (excludes halogenated alkanes) is 4. The smallest absolute Gasteiger partial charge is 0.295 e. The van der Waals surface area contributed by atoms with Crippen molar-refractivity contribution in [1.82, 2.24) is 29.4 Å². The number of hydrogen-bond donors (Lipinski definition) is 6. The second kappa shape index (κ2) is 40.4. The number of sulfonamides is 2. The number of amides is 2. The molecule has 0 radical (unpaired) electrons. The highest BCUT2D eigenvalue weighted by molar-refractivity contribution is 7.89. The molecule has 2 amide bonds. The van der Waals surface area contributed by atoms with Gasteiger partial charge in [0.15, 0.2) is 5.71 Å². The molecule has 2 saturated heterocycles. The number of carbonyl (C=O) groups is 2. The van der Waals surface area contributed by atoms with Crippen molar-refractivity contribution in [1.29, 1.82) is 0 Å². The quantitative estimate of drug-likeness (QED) is 0.00681. The topological polar surface area (TPSA) is 419 Å². The summed E-state index contributed by atoms with van der Waals surface area (Å²) in [6.45, 7) is 14.8. The van der Waals surface area contributed by atoms with Crippen molar-refractivity contribution in [2.75, 3.05) is 137 Å². The molecule has 2 fully saturated rings. The van der Waals surface area contributed by atoms with Gasteiger partial charge in [0, 0.05) is 137 Å². The Kier molecular flexibility index (Phi) is 30.6. The third-order valence-corrected chi connectivity index (χ3v) is 28.9. The lowest BCUT2D eigenvalue weighted by atomic mass is 9.79. The number of methoxy groups -OCH3 is 2. The number of anilines is 1. The first kappa shape index (κ1) is 94.9. The molecule has 8 aromatic rings. The Bertz CT molecular complexity index is 6140. The molecule has 4 aliphatic rings. The van der Waals surface area contributed by atoms with Crippen LogP contribution in [0.1, 0.15) is 90.2 Å². The van der Waals surface area contributed by atoms with E-state index in [9.17, 15) is 78.3 Å². The van der Waals surface area contributed by atoms with E-state index >= 15 is 0 Å². The molecule has 0 aromatic heterocycles. The number of benzene rings is 8. The summed E-state index contributed by atoms with van der Waals surface area (Å²) in [5.74, 6) is 1.42. The fourth-order valence-electron chi connectivity index (χ4n) is 16.4. The normalized spacial score (nSPS) is 16.5. The van der Waals surface area contributed by atoms with Crippen LogP contribution in [0.25, 0.3) is 43.8 Å². The first-order chi connectivity index (χ1) is 59.3. The van der Waals surface area contributed by atoms with E-state index in [1.165, 1.54) is 48.5 Å². The molecule has 0 aliphatic carbocycles. The van der Waals surface area contributed by atoms with Gasteiger partial charge in [0.25, 0.3) is 60.5 Å². The minimum atomic E-state index is -5.06. The number of rotatable bonds is 41. The van der Waals surface area contributed by atoms with Crippen LogP contribution in [0.15, 0.2) is 211 Å². The molecule has 0 saturated carbocycles. The number of fused-ring (bicyclic) bond motifs is 6. The second-order valence-corrected chi connectivity index (χ2v) is 40.7. The number of nitrogens with zero attached hydrogens (tertiary/aromatic N) is 6. The van der Waals surface area contributed by atoms with Crippen molar-refractivity contribution in [2.24, 2.45) is 0 Å². The standard InChI is InChI=1S/C87H104N8O24S6/c1-86(2)80(94(76-38-36-72-74(84(76)86)58-70(122(102,103)104)60-78(72)124(108,109)110)40-14-8-12-18-82(96)92-46-42-90(43-47-92)50-52-116-54-56-118-88-120(98,99)68-32-24-64(25-33-68)62-20-28-66(114-5)29-21-62)16-10-7-11-17-81-87(3,4)85-75-59-71(123(105,106)107)61-79(125(111,112)113)73(75)37-39-77(85)95(81)41-15-9-13-19-83(97)93-48-44-91(45-49-93)51-53-117-55-57-119-89-121(100,101)69-34-26-65(27-35-69)63-22-30-67(115-6)31-23-63/h7,10-11,16-17,20-39,58-61,88-89H,8-9,12-15,18-19,40-57H2,1-6H3,(H3-,102,103,104,105,106,107,108,109,110,111,112,113)/p+1. The van der Waals surface area contributed by atoms with Crippen LogP contribution in [0, 0.1) is 0 Å². The number of allylic oxidation sites excluding steroid dienone is 6. The number of nitrogens with one attached hydrogen (secondary N) is 2. The Morgan fingerprint density at radius 1 is 0.424 bits per heavy atom. The third kappa shape index (κ3) is 23.2. The maximum Gasteiger partial charge on any atom is 0.295 e. The average Bonchev–Trinajstić information content (AvgIpc) is 1.57. The zero-order chi connectivity index (χ0) is 89.9. The van der Waals surface area contributed by atoms with Crippen molar-refractivity contribution in [3.63, 3.8) is 0 Å². The summed E-state index contributed by atoms with van der Waals surface area (Å²) < 4.78 is 220. The van der Waals surface area contributed by atoms with Gasteiger partial charge in [0.05, 0.1) is 78.9 Å². The molecule has 32 nitrogen and oxygen atoms in total. The number of carbonyl (C=O) groups excluding carboxylic acids is 2. The fraction of sp³-hybridized carbons (Fsp3) is 0.391. The summed E-state index contributed by atoms with van der Waals surface area (Å²) in [7, 11) is -24.9. The lowest BCUT2D eigenvalue weighted by Crippen LogP contribution is -2.49. The van der Waals surface area contributed by atoms with Crippen LogP contribution >= 0.6 is 0 Å². The van der Waals surface area contributed by atoms with Crippen LogP contribution in [0.5, 0.6) is 11.5 Å². The first-order valence-corrected chi connectivity index (χ1v) is 49.5. The lowest BCUT2D eigenvalue weighted by molar-refractivity contribution is -0.438. The third-order valence-electron chi connectivity index (χ3n) is 22.9. The van der Waals surface area contributed by atoms with Crippen molar-refractivity contribution >= 4 is 111 Å². The first-order valence-electron chi connectivity index (χ1n) is 40.8. The summed E-state index contributed by atoms with van der Waals surface area (Å²) in [6.07, 6.45) is 13.0. The van der Waals surface area contributed by atoms with Crippen LogP contribution < -0.4 is 24.1 Å². The van der Waals surface area contributed by atoms with Crippen molar-refractivity contribution in [3.05, 3.63) is 193 Å². The molecular formula is C87H105N8O24S6+. The van der Waals surface area contributed by atoms with Gasteiger partial charge < -0.3 is 33.6 Å².